The molecule has 1 saturated heterocycles. The zero-order chi connectivity index (χ0) is 19.6. The first kappa shape index (κ1) is 19.1. The Morgan fingerprint density at radius 2 is 1.93 bits per heavy atom. The molecule has 27 heavy (non-hydrogen) atoms. The van der Waals surface area contributed by atoms with Crippen molar-refractivity contribution in [1.82, 2.24) is 10.7 Å². The number of benzene rings is 1. The van der Waals surface area contributed by atoms with Gasteiger partial charge in [0.15, 0.2) is 0 Å². The molecule has 0 spiro atoms. The number of fused-ring (bicyclic) bond motifs is 1. The minimum atomic E-state index is -0.341. The molecule has 3 rings (SSSR count). The van der Waals surface area contributed by atoms with E-state index < -0.39 is 0 Å². The van der Waals surface area contributed by atoms with Crippen LogP contribution in [-0.4, -0.2) is 23.8 Å². The summed E-state index contributed by atoms with van der Waals surface area (Å²) in [6, 6.07) is 6.92. The number of rotatable bonds is 5. The maximum Gasteiger partial charge on any atom is 0.251 e. The van der Waals surface area contributed by atoms with Gasteiger partial charge in [0.2, 0.25) is 11.8 Å². The summed E-state index contributed by atoms with van der Waals surface area (Å²) in [6.45, 7) is 6.18. The topological polar surface area (TPSA) is 78.5 Å². The van der Waals surface area contributed by atoms with E-state index in [4.69, 9.17) is 0 Å². The highest BCUT2D eigenvalue weighted by atomic mass is 16.2. The summed E-state index contributed by atoms with van der Waals surface area (Å²) in [6.07, 6.45) is 5.91. The maximum atomic E-state index is 12.9. The largest absolute Gasteiger partial charge is 0.349 e. The third-order valence-electron chi connectivity index (χ3n) is 5.46. The van der Waals surface area contributed by atoms with E-state index in [2.05, 4.69) is 24.6 Å². The standard InChI is InChI=1S/C21H27N3O3/c1-4-18(13(2)3)22-19(25)14-8-7-9-15(12-14)24-21(27)17-11-6-5-10-16(17)20(26)23-24/h5-9,12-13,16-18H,4,10-11H2,1-3H3,(H,22,25)(H,23,26). The quantitative estimate of drug-likeness (QED) is 0.784. The molecule has 0 radical (unpaired) electrons. The van der Waals surface area contributed by atoms with E-state index in [-0.39, 0.29) is 35.6 Å². The van der Waals surface area contributed by atoms with Gasteiger partial charge >= 0.3 is 0 Å². The zero-order valence-electron chi connectivity index (χ0n) is 16.1. The Bertz CT molecular complexity index is 772. The van der Waals surface area contributed by atoms with E-state index in [1.165, 1.54) is 5.01 Å². The van der Waals surface area contributed by atoms with Crippen LogP contribution in [0, 0.1) is 17.8 Å². The minimum Gasteiger partial charge on any atom is -0.349 e. The molecule has 1 aromatic rings. The number of nitrogens with one attached hydrogen (secondary N) is 2. The number of hydrogen-bond donors (Lipinski definition) is 2. The molecule has 0 aromatic heterocycles. The molecular formula is C21H27N3O3. The van der Waals surface area contributed by atoms with Gasteiger partial charge in [0.1, 0.15) is 0 Å². The van der Waals surface area contributed by atoms with Gasteiger partial charge in [0.05, 0.1) is 17.5 Å². The molecule has 3 unspecified atom stereocenters. The number of hydrogen-bond acceptors (Lipinski definition) is 3. The van der Waals surface area contributed by atoms with Crippen LogP contribution in [0.25, 0.3) is 0 Å². The molecule has 1 aliphatic carbocycles. The normalized spacial score (nSPS) is 23.0. The second kappa shape index (κ2) is 7.94. The smallest absolute Gasteiger partial charge is 0.251 e. The SMILES string of the molecule is CCC(NC(=O)c1cccc(N2NC(=O)C3CC=CCC3C2=O)c1)C(C)C. The minimum absolute atomic E-state index is 0.0901. The van der Waals surface area contributed by atoms with E-state index >= 15 is 0 Å². The lowest BCUT2D eigenvalue weighted by atomic mass is 9.80. The lowest BCUT2D eigenvalue weighted by Gasteiger charge is -2.38. The molecule has 0 bridgehead atoms. The first-order valence-corrected chi connectivity index (χ1v) is 9.62. The first-order chi connectivity index (χ1) is 12.9. The number of allylic oxidation sites excluding steroid dienone is 2. The highest BCUT2D eigenvalue weighted by Gasteiger charge is 2.42. The molecule has 6 nitrogen and oxygen atoms in total. The molecular weight excluding hydrogens is 342 g/mol. The second-order valence-electron chi connectivity index (χ2n) is 7.59. The molecule has 0 saturated carbocycles. The number of carbonyl (C=O) groups is 3. The second-order valence-corrected chi connectivity index (χ2v) is 7.59. The Balaban J connectivity index is 1.81. The van der Waals surface area contributed by atoms with E-state index in [0.29, 0.717) is 30.0 Å². The summed E-state index contributed by atoms with van der Waals surface area (Å²) in [5.74, 6) is -0.763. The molecule has 1 fully saturated rings. The van der Waals surface area contributed by atoms with Crippen molar-refractivity contribution < 1.29 is 14.4 Å². The Morgan fingerprint density at radius 3 is 2.59 bits per heavy atom. The summed E-state index contributed by atoms with van der Waals surface area (Å²) in [4.78, 5) is 37.9. The molecule has 1 aliphatic heterocycles. The van der Waals surface area contributed by atoms with Gasteiger partial charge in [-0.3, -0.25) is 19.8 Å². The van der Waals surface area contributed by atoms with Crippen molar-refractivity contribution in [3.8, 4) is 0 Å². The number of anilines is 1. The molecule has 3 amide bonds. The maximum absolute atomic E-state index is 12.9. The molecule has 144 valence electrons. The zero-order valence-corrected chi connectivity index (χ0v) is 16.1. The van der Waals surface area contributed by atoms with Crippen LogP contribution in [0.5, 0.6) is 0 Å². The fraction of sp³-hybridized carbons (Fsp3) is 0.476. The Kier molecular flexibility index (Phi) is 5.63. The van der Waals surface area contributed by atoms with Crippen LogP contribution in [0.4, 0.5) is 5.69 Å². The Morgan fingerprint density at radius 1 is 1.22 bits per heavy atom. The molecule has 1 aromatic carbocycles. The number of hydrazine groups is 1. The molecule has 2 aliphatic rings. The van der Waals surface area contributed by atoms with Gasteiger partial charge in [0.25, 0.3) is 5.91 Å². The van der Waals surface area contributed by atoms with Crippen molar-refractivity contribution in [2.24, 2.45) is 17.8 Å². The van der Waals surface area contributed by atoms with E-state index in [0.717, 1.165) is 6.42 Å². The highest BCUT2D eigenvalue weighted by molar-refractivity contribution is 6.05. The molecule has 2 N–H and O–H groups in total. The number of nitrogens with zero attached hydrogens (tertiary/aromatic N) is 1. The van der Waals surface area contributed by atoms with Crippen molar-refractivity contribution >= 4 is 23.4 Å². The van der Waals surface area contributed by atoms with Crippen LogP contribution in [0.15, 0.2) is 36.4 Å². The van der Waals surface area contributed by atoms with Crippen LogP contribution >= 0.6 is 0 Å². The first-order valence-electron chi connectivity index (χ1n) is 9.62. The van der Waals surface area contributed by atoms with Crippen LogP contribution in [-0.2, 0) is 9.59 Å². The highest BCUT2D eigenvalue weighted by Crippen LogP contribution is 2.32. The number of carbonyl (C=O) groups excluding carboxylic acids is 3. The van der Waals surface area contributed by atoms with E-state index in [1.54, 1.807) is 24.3 Å². The van der Waals surface area contributed by atoms with Crippen molar-refractivity contribution in [2.45, 2.75) is 46.1 Å². The average molecular weight is 369 g/mol. The van der Waals surface area contributed by atoms with Gasteiger partial charge in [-0.05, 0) is 43.4 Å². The summed E-state index contributed by atoms with van der Waals surface area (Å²) >= 11 is 0. The van der Waals surface area contributed by atoms with Crippen molar-refractivity contribution in [1.29, 1.82) is 0 Å². The van der Waals surface area contributed by atoms with Gasteiger partial charge in [0, 0.05) is 11.6 Å². The van der Waals surface area contributed by atoms with Gasteiger partial charge in [-0.1, -0.05) is 39.0 Å². The fourth-order valence-electron chi connectivity index (χ4n) is 3.76. The van der Waals surface area contributed by atoms with Crippen LogP contribution < -0.4 is 15.8 Å². The predicted octanol–water partition coefficient (Wildman–Crippen LogP) is 2.81. The fourth-order valence-corrected chi connectivity index (χ4v) is 3.76. The summed E-state index contributed by atoms with van der Waals surface area (Å²) in [7, 11) is 0. The van der Waals surface area contributed by atoms with Crippen molar-refractivity contribution in [3.05, 3.63) is 42.0 Å². The van der Waals surface area contributed by atoms with Crippen LogP contribution in [0.2, 0.25) is 0 Å². The monoisotopic (exact) mass is 369 g/mol. The third kappa shape index (κ3) is 3.89. The van der Waals surface area contributed by atoms with Gasteiger partial charge in [-0.25, -0.2) is 5.01 Å². The van der Waals surface area contributed by atoms with Crippen molar-refractivity contribution in [2.75, 3.05) is 5.01 Å². The van der Waals surface area contributed by atoms with Gasteiger partial charge in [-0.15, -0.1) is 0 Å². The molecule has 3 atom stereocenters. The van der Waals surface area contributed by atoms with Crippen molar-refractivity contribution in [3.63, 3.8) is 0 Å². The third-order valence-corrected chi connectivity index (χ3v) is 5.46. The van der Waals surface area contributed by atoms with E-state index in [9.17, 15) is 14.4 Å². The Hall–Kier alpha value is -2.63. The van der Waals surface area contributed by atoms with Crippen LogP contribution in [0.1, 0.15) is 50.4 Å². The molecule has 6 heteroatoms. The Labute approximate surface area is 160 Å². The summed E-state index contributed by atoms with van der Waals surface area (Å²) in [5, 5.41) is 4.33. The van der Waals surface area contributed by atoms with E-state index in [1.807, 2.05) is 19.1 Å². The summed E-state index contributed by atoms with van der Waals surface area (Å²) < 4.78 is 0. The lowest BCUT2D eigenvalue weighted by Crippen LogP contribution is -2.59. The van der Waals surface area contributed by atoms with Gasteiger partial charge < -0.3 is 5.32 Å². The number of amides is 3. The molecule has 1 heterocycles. The average Bonchev–Trinajstić information content (AvgIpc) is 2.68. The lowest BCUT2D eigenvalue weighted by molar-refractivity contribution is -0.139. The van der Waals surface area contributed by atoms with Gasteiger partial charge in [-0.2, -0.15) is 0 Å². The predicted molar refractivity (Wildman–Crippen MR) is 104 cm³/mol. The summed E-state index contributed by atoms with van der Waals surface area (Å²) in [5.41, 5.74) is 3.67. The van der Waals surface area contributed by atoms with Crippen LogP contribution in [0.3, 0.4) is 0 Å².